The van der Waals surface area contributed by atoms with Crippen molar-refractivity contribution in [1.82, 2.24) is 25.7 Å². The van der Waals surface area contributed by atoms with Gasteiger partial charge in [-0.3, -0.25) is 14.8 Å². The summed E-state index contributed by atoms with van der Waals surface area (Å²) >= 11 is 0. The number of urea groups is 1. The van der Waals surface area contributed by atoms with Crippen LogP contribution in [0.4, 0.5) is 10.5 Å². The number of aromatic nitrogens is 2. The van der Waals surface area contributed by atoms with Gasteiger partial charge in [0, 0.05) is 37.3 Å². The van der Waals surface area contributed by atoms with Crippen LogP contribution in [0.5, 0.6) is 0 Å². The molecule has 0 unspecified atom stereocenters. The third-order valence-electron chi connectivity index (χ3n) is 3.75. The Balaban J connectivity index is 1.38. The number of carbonyl (C=O) groups excluding carboxylic acids is 2. The average Bonchev–Trinajstić information content (AvgIpc) is 2.99. The molecule has 3 rings (SSSR count). The first-order chi connectivity index (χ1) is 11.2. The molecule has 1 aromatic carbocycles. The molecule has 1 saturated heterocycles. The molecule has 0 bridgehead atoms. The van der Waals surface area contributed by atoms with E-state index in [4.69, 9.17) is 0 Å². The largest absolute Gasteiger partial charge is 0.354 e. The van der Waals surface area contributed by atoms with Crippen LogP contribution in [-0.4, -0.2) is 59.8 Å². The maximum atomic E-state index is 11.9. The summed E-state index contributed by atoms with van der Waals surface area (Å²) < 4.78 is 0. The topological polar surface area (TPSA) is 102 Å². The summed E-state index contributed by atoms with van der Waals surface area (Å²) in [6.45, 7) is 3.37. The van der Waals surface area contributed by atoms with Crippen LogP contribution in [0, 0.1) is 0 Å². The Kier molecular flexibility index (Phi) is 4.72. The number of benzene rings is 1. The van der Waals surface area contributed by atoms with E-state index in [1.807, 2.05) is 18.2 Å². The van der Waals surface area contributed by atoms with Crippen molar-refractivity contribution in [2.75, 3.05) is 38.0 Å². The zero-order chi connectivity index (χ0) is 16.1. The highest BCUT2D eigenvalue weighted by Crippen LogP contribution is 2.16. The molecule has 0 aliphatic carbocycles. The van der Waals surface area contributed by atoms with Crippen LogP contribution in [0.2, 0.25) is 0 Å². The maximum Gasteiger partial charge on any atom is 0.319 e. The second-order valence-corrected chi connectivity index (χ2v) is 5.53. The van der Waals surface area contributed by atoms with E-state index >= 15 is 0 Å². The number of aromatic amines is 1. The molecule has 23 heavy (non-hydrogen) atoms. The molecule has 8 nitrogen and oxygen atoms in total. The van der Waals surface area contributed by atoms with Gasteiger partial charge >= 0.3 is 6.03 Å². The Morgan fingerprint density at radius 3 is 3.17 bits per heavy atom. The third-order valence-corrected chi connectivity index (χ3v) is 3.75. The van der Waals surface area contributed by atoms with Crippen LogP contribution in [0.1, 0.15) is 6.42 Å². The smallest absolute Gasteiger partial charge is 0.319 e. The van der Waals surface area contributed by atoms with Crippen molar-refractivity contribution in [2.24, 2.45) is 0 Å². The SMILES string of the molecule is O=C1CN(CCCNC(=O)Nc2ccc3cn[nH]c3c2)CCN1. The lowest BCUT2D eigenvalue weighted by Crippen LogP contribution is -2.48. The van der Waals surface area contributed by atoms with Crippen LogP contribution in [0.15, 0.2) is 24.4 Å². The van der Waals surface area contributed by atoms with E-state index in [9.17, 15) is 9.59 Å². The van der Waals surface area contributed by atoms with Crippen LogP contribution in [-0.2, 0) is 4.79 Å². The molecule has 0 atom stereocenters. The lowest BCUT2D eigenvalue weighted by atomic mass is 10.2. The first kappa shape index (κ1) is 15.3. The Bertz CT molecular complexity index is 698. The van der Waals surface area contributed by atoms with Gasteiger partial charge in [0.15, 0.2) is 0 Å². The second-order valence-electron chi connectivity index (χ2n) is 5.53. The minimum atomic E-state index is -0.236. The summed E-state index contributed by atoms with van der Waals surface area (Å²) in [5, 5.41) is 16.2. The molecule has 1 aliphatic rings. The van der Waals surface area contributed by atoms with E-state index in [0.717, 1.165) is 30.4 Å². The maximum absolute atomic E-state index is 11.9. The number of nitrogens with zero attached hydrogens (tertiary/aromatic N) is 2. The highest BCUT2D eigenvalue weighted by atomic mass is 16.2. The molecule has 3 amide bonds. The molecule has 122 valence electrons. The van der Waals surface area contributed by atoms with Crippen LogP contribution in [0.25, 0.3) is 10.9 Å². The summed E-state index contributed by atoms with van der Waals surface area (Å²) in [5.74, 6) is 0.0659. The molecule has 1 aliphatic heterocycles. The lowest BCUT2D eigenvalue weighted by Gasteiger charge is -2.26. The number of fused-ring (bicyclic) bond motifs is 1. The molecule has 1 aromatic heterocycles. The van der Waals surface area contributed by atoms with Gasteiger partial charge < -0.3 is 16.0 Å². The minimum Gasteiger partial charge on any atom is -0.354 e. The molecule has 0 saturated carbocycles. The van der Waals surface area contributed by atoms with Crippen LogP contribution in [0.3, 0.4) is 0 Å². The Morgan fingerprint density at radius 2 is 2.30 bits per heavy atom. The highest BCUT2D eigenvalue weighted by Gasteiger charge is 2.15. The zero-order valence-corrected chi connectivity index (χ0v) is 12.8. The van der Waals surface area contributed by atoms with E-state index < -0.39 is 0 Å². The van der Waals surface area contributed by atoms with Crippen LogP contribution >= 0.6 is 0 Å². The first-order valence-corrected chi connectivity index (χ1v) is 7.68. The predicted molar refractivity (Wildman–Crippen MR) is 87.2 cm³/mol. The van der Waals surface area contributed by atoms with Gasteiger partial charge in [0.2, 0.25) is 5.91 Å². The molecule has 2 heterocycles. The van der Waals surface area contributed by atoms with E-state index in [0.29, 0.717) is 25.3 Å². The zero-order valence-electron chi connectivity index (χ0n) is 12.8. The highest BCUT2D eigenvalue weighted by molar-refractivity contribution is 5.92. The van der Waals surface area contributed by atoms with Gasteiger partial charge in [-0.2, -0.15) is 5.10 Å². The molecular formula is C15H20N6O2. The van der Waals surface area contributed by atoms with Crippen molar-refractivity contribution < 1.29 is 9.59 Å². The standard InChI is InChI=1S/C15H20N6O2/c22-14-10-21(7-5-16-14)6-1-4-17-15(23)19-12-3-2-11-9-18-20-13(11)8-12/h2-3,8-9H,1,4-7,10H2,(H,16,22)(H,18,20)(H2,17,19,23). The van der Waals surface area contributed by atoms with E-state index in [-0.39, 0.29) is 11.9 Å². The number of amides is 3. The predicted octanol–water partition coefficient (Wildman–Crippen LogP) is 0.506. The normalized spacial score (nSPS) is 15.4. The van der Waals surface area contributed by atoms with Gasteiger partial charge in [-0.05, 0) is 24.6 Å². The summed E-state index contributed by atoms with van der Waals surface area (Å²) in [7, 11) is 0. The third kappa shape index (κ3) is 4.19. The fourth-order valence-corrected chi connectivity index (χ4v) is 2.58. The van der Waals surface area contributed by atoms with E-state index in [1.54, 1.807) is 6.20 Å². The molecule has 1 fully saturated rings. The number of H-pyrrole nitrogens is 1. The quantitative estimate of drug-likeness (QED) is 0.603. The van der Waals surface area contributed by atoms with Gasteiger partial charge in [0.25, 0.3) is 0 Å². The van der Waals surface area contributed by atoms with Crippen molar-refractivity contribution in [1.29, 1.82) is 0 Å². The van der Waals surface area contributed by atoms with Gasteiger partial charge in [-0.1, -0.05) is 0 Å². The fraction of sp³-hybridized carbons (Fsp3) is 0.400. The van der Waals surface area contributed by atoms with E-state index in [1.165, 1.54) is 0 Å². The number of rotatable bonds is 5. The van der Waals surface area contributed by atoms with Crippen molar-refractivity contribution >= 4 is 28.5 Å². The summed E-state index contributed by atoms with van der Waals surface area (Å²) in [6, 6.07) is 5.34. The number of carbonyl (C=O) groups is 2. The van der Waals surface area contributed by atoms with Gasteiger partial charge in [-0.15, -0.1) is 0 Å². The van der Waals surface area contributed by atoms with Crippen LogP contribution < -0.4 is 16.0 Å². The summed E-state index contributed by atoms with van der Waals surface area (Å²) in [4.78, 5) is 25.2. The fourth-order valence-electron chi connectivity index (χ4n) is 2.58. The molecular weight excluding hydrogens is 296 g/mol. The molecule has 4 N–H and O–H groups in total. The van der Waals surface area contributed by atoms with Gasteiger partial charge in [-0.25, -0.2) is 4.79 Å². The Labute approximate surface area is 133 Å². The number of nitrogens with one attached hydrogen (secondary N) is 4. The van der Waals surface area contributed by atoms with Gasteiger partial charge in [0.05, 0.1) is 18.3 Å². The average molecular weight is 316 g/mol. The second kappa shape index (κ2) is 7.10. The molecule has 0 spiro atoms. The molecule has 2 aromatic rings. The van der Waals surface area contributed by atoms with Crippen molar-refractivity contribution in [3.8, 4) is 0 Å². The molecule has 0 radical (unpaired) electrons. The molecule has 8 heteroatoms. The monoisotopic (exact) mass is 316 g/mol. The van der Waals surface area contributed by atoms with Crippen molar-refractivity contribution in [3.63, 3.8) is 0 Å². The Hall–Kier alpha value is -2.61. The summed E-state index contributed by atoms with van der Waals surface area (Å²) in [6.07, 6.45) is 2.54. The van der Waals surface area contributed by atoms with Crippen molar-refractivity contribution in [3.05, 3.63) is 24.4 Å². The number of hydrogen-bond acceptors (Lipinski definition) is 4. The number of piperazine rings is 1. The first-order valence-electron chi connectivity index (χ1n) is 7.68. The van der Waals surface area contributed by atoms with E-state index in [2.05, 4.69) is 31.0 Å². The summed E-state index contributed by atoms with van der Waals surface area (Å²) in [5.41, 5.74) is 1.60. The minimum absolute atomic E-state index is 0.0659. The Morgan fingerprint density at radius 1 is 1.39 bits per heavy atom. The van der Waals surface area contributed by atoms with Gasteiger partial charge in [0.1, 0.15) is 0 Å². The number of anilines is 1. The number of hydrogen-bond donors (Lipinski definition) is 4. The lowest BCUT2D eigenvalue weighted by molar-refractivity contribution is -0.124. The van der Waals surface area contributed by atoms with Crippen molar-refractivity contribution in [2.45, 2.75) is 6.42 Å².